The van der Waals surface area contributed by atoms with Gasteiger partial charge in [-0.3, -0.25) is 4.79 Å². The summed E-state index contributed by atoms with van der Waals surface area (Å²) in [6.45, 7) is 4.38. The Bertz CT molecular complexity index is 1270. The van der Waals surface area contributed by atoms with E-state index in [1.807, 2.05) is 60.3 Å². The number of halogens is 1. The largest absolute Gasteiger partial charge is 0.485 e. The topological polar surface area (TPSA) is 81.9 Å². The molecular weight excluding hydrogens is 478 g/mol. The fourth-order valence-corrected chi connectivity index (χ4v) is 4.58. The van der Waals surface area contributed by atoms with E-state index in [-0.39, 0.29) is 11.7 Å². The zero-order chi connectivity index (χ0) is 23.4. The quantitative estimate of drug-likeness (QED) is 0.321. The van der Waals surface area contributed by atoms with E-state index in [2.05, 4.69) is 33.5 Å². The molecule has 2 heterocycles. The van der Waals surface area contributed by atoms with Crippen molar-refractivity contribution in [3.8, 4) is 17.0 Å². The van der Waals surface area contributed by atoms with Crippen LogP contribution < -0.4 is 10.1 Å². The monoisotopic (exact) mass is 499 g/mol. The number of anilines is 1. The molecule has 0 aliphatic heterocycles. The Labute approximate surface area is 205 Å². The van der Waals surface area contributed by atoms with E-state index in [0.29, 0.717) is 27.7 Å². The predicted molar refractivity (Wildman–Crippen MR) is 133 cm³/mol. The molecule has 0 spiro atoms. The molecule has 0 atom stereocenters. The average molecular weight is 500 g/mol. The summed E-state index contributed by atoms with van der Waals surface area (Å²) in [6.07, 6.45) is 0. The molecule has 0 bridgehead atoms. The fraction of sp³-hybridized carbons (Fsp3) is 0.217. The molecule has 0 unspecified atom stereocenters. The maximum absolute atomic E-state index is 12.4. The van der Waals surface area contributed by atoms with E-state index in [9.17, 15) is 4.79 Å². The summed E-state index contributed by atoms with van der Waals surface area (Å²) in [7, 11) is 1.86. The van der Waals surface area contributed by atoms with Gasteiger partial charge in [0.15, 0.2) is 16.1 Å². The van der Waals surface area contributed by atoms with Crippen molar-refractivity contribution >= 4 is 45.7 Å². The minimum Gasteiger partial charge on any atom is -0.485 e. The van der Waals surface area contributed by atoms with Crippen LogP contribution in [0.25, 0.3) is 11.3 Å². The predicted octanol–water partition coefficient (Wildman–Crippen LogP) is 5.52. The Kier molecular flexibility index (Phi) is 7.32. The van der Waals surface area contributed by atoms with Crippen molar-refractivity contribution in [1.82, 2.24) is 19.7 Å². The fourth-order valence-electron chi connectivity index (χ4n) is 2.99. The molecule has 1 amide bonds. The Balaban J connectivity index is 1.30. The molecule has 1 N–H and O–H groups in total. The van der Waals surface area contributed by atoms with Crippen LogP contribution in [0, 0.1) is 13.8 Å². The van der Waals surface area contributed by atoms with E-state index in [1.165, 1.54) is 28.7 Å². The van der Waals surface area contributed by atoms with Crippen LogP contribution in [0.1, 0.15) is 17.0 Å². The molecule has 170 valence electrons. The number of nitrogens with one attached hydrogen (secondary N) is 1. The van der Waals surface area contributed by atoms with Crippen molar-refractivity contribution in [3.63, 3.8) is 0 Å². The number of carbonyl (C=O) groups excluding carboxylic acids is 1. The third-order valence-corrected chi connectivity index (χ3v) is 7.09. The number of nitrogens with zero attached hydrogens (tertiary/aromatic N) is 4. The summed E-state index contributed by atoms with van der Waals surface area (Å²) in [5, 5.41) is 15.0. The van der Waals surface area contributed by atoms with Crippen LogP contribution in [0.2, 0.25) is 5.02 Å². The van der Waals surface area contributed by atoms with E-state index in [0.717, 1.165) is 22.6 Å². The van der Waals surface area contributed by atoms with Gasteiger partial charge in [0.2, 0.25) is 5.91 Å². The smallest absolute Gasteiger partial charge is 0.236 e. The third-order valence-electron chi connectivity index (χ3n) is 5.06. The first-order valence-corrected chi connectivity index (χ1v) is 12.4. The lowest BCUT2D eigenvalue weighted by Gasteiger charge is -2.10. The Morgan fingerprint density at radius 3 is 2.76 bits per heavy atom. The second-order valence-electron chi connectivity index (χ2n) is 7.33. The molecule has 0 radical (unpaired) electrons. The summed E-state index contributed by atoms with van der Waals surface area (Å²) in [5.74, 6) is 1.55. The second-order valence-corrected chi connectivity index (χ2v) is 9.56. The summed E-state index contributed by atoms with van der Waals surface area (Å²) in [4.78, 5) is 16.9. The molecule has 0 fully saturated rings. The lowest BCUT2D eigenvalue weighted by Crippen LogP contribution is -2.14. The van der Waals surface area contributed by atoms with Crippen LogP contribution in [0.15, 0.2) is 53.0 Å². The van der Waals surface area contributed by atoms with Crippen LogP contribution in [-0.4, -0.2) is 31.4 Å². The summed E-state index contributed by atoms with van der Waals surface area (Å²) in [6, 6.07) is 13.4. The molecule has 4 aromatic rings. The third kappa shape index (κ3) is 5.73. The highest BCUT2D eigenvalue weighted by Gasteiger charge is 2.14. The molecule has 0 aliphatic carbocycles. The Hall–Kier alpha value is -2.88. The highest BCUT2D eigenvalue weighted by Crippen LogP contribution is 2.26. The van der Waals surface area contributed by atoms with Gasteiger partial charge >= 0.3 is 0 Å². The lowest BCUT2D eigenvalue weighted by atomic mass is 10.1. The van der Waals surface area contributed by atoms with Crippen LogP contribution in [0.3, 0.4) is 0 Å². The standard InChI is InChI=1S/C23H22ClN5O2S2/c1-14-5-4-6-19(15(14)2)31-11-20-27-28-23(29(20)3)33-13-21(30)26-22-25-18(12-32-22)16-7-9-17(24)10-8-16/h4-10,12H,11,13H2,1-3H3,(H,25,26,30). The van der Waals surface area contributed by atoms with Crippen molar-refractivity contribution in [2.75, 3.05) is 11.1 Å². The molecular formula is C23H22ClN5O2S2. The first-order chi connectivity index (χ1) is 15.9. The number of thioether (sulfide) groups is 1. The lowest BCUT2D eigenvalue weighted by molar-refractivity contribution is -0.113. The molecule has 2 aromatic carbocycles. The average Bonchev–Trinajstić information content (AvgIpc) is 3.40. The normalized spacial score (nSPS) is 10.9. The number of carbonyl (C=O) groups is 1. The number of benzene rings is 2. The molecule has 33 heavy (non-hydrogen) atoms. The number of thiazole rings is 1. The van der Waals surface area contributed by atoms with Gasteiger partial charge in [0.25, 0.3) is 0 Å². The van der Waals surface area contributed by atoms with Gasteiger partial charge in [-0.1, -0.05) is 47.6 Å². The molecule has 4 rings (SSSR count). The first-order valence-electron chi connectivity index (χ1n) is 10.1. The van der Waals surface area contributed by atoms with Crippen molar-refractivity contribution in [3.05, 3.63) is 69.8 Å². The van der Waals surface area contributed by atoms with Gasteiger partial charge in [-0.25, -0.2) is 4.98 Å². The number of amides is 1. The van der Waals surface area contributed by atoms with Crippen LogP contribution in [0.5, 0.6) is 5.75 Å². The summed E-state index contributed by atoms with van der Waals surface area (Å²) >= 11 is 8.62. The van der Waals surface area contributed by atoms with Gasteiger partial charge in [-0.05, 0) is 43.2 Å². The Morgan fingerprint density at radius 1 is 1.18 bits per heavy atom. The second kappa shape index (κ2) is 10.4. The molecule has 2 aromatic heterocycles. The number of hydrogen-bond donors (Lipinski definition) is 1. The van der Waals surface area contributed by atoms with Crippen molar-refractivity contribution in [2.24, 2.45) is 7.05 Å². The highest BCUT2D eigenvalue weighted by molar-refractivity contribution is 7.99. The zero-order valence-electron chi connectivity index (χ0n) is 18.3. The maximum atomic E-state index is 12.4. The molecule has 7 nitrogen and oxygen atoms in total. The zero-order valence-corrected chi connectivity index (χ0v) is 20.7. The van der Waals surface area contributed by atoms with E-state index >= 15 is 0 Å². The van der Waals surface area contributed by atoms with Gasteiger partial charge in [-0.15, -0.1) is 21.5 Å². The number of hydrogen-bond acceptors (Lipinski definition) is 7. The molecule has 10 heteroatoms. The van der Waals surface area contributed by atoms with Crippen LogP contribution in [0.4, 0.5) is 5.13 Å². The minimum atomic E-state index is -0.159. The van der Waals surface area contributed by atoms with Crippen LogP contribution in [-0.2, 0) is 18.4 Å². The van der Waals surface area contributed by atoms with Gasteiger partial charge in [0.05, 0.1) is 11.4 Å². The van der Waals surface area contributed by atoms with Crippen LogP contribution >= 0.6 is 34.7 Å². The first kappa shape index (κ1) is 23.3. The summed E-state index contributed by atoms with van der Waals surface area (Å²) in [5.41, 5.74) is 4.02. The number of aromatic nitrogens is 4. The van der Waals surface area contributed by atoms with Crippen molar-refractivity contribution in [2.45, 2.75) is 25.6 Å². The minimum absolute atomic E-state index is 0.159. The van der Waals surface area contributed by atoms with Gasteiger partial charge < -0.3 is 14.6 Å². The maximum Gasteiger partial charge on any atom is 0.236 e. The number of ether oxygens (including phenoxy) is 1. The SMILES string of the molecule is Cc1cccc(OCc2nnc(SCC(=O)Nc3nc(-c4ccc(Cl)cc4)cs3)n2C)c1C. The molecule has 0 aliphatic rings. The number of rotatable bonds is 8. The van der Waals surface area contributed by atoms with Gasteiger partial charge in [-0.2, -0.15) is 0 Å². The molecule has 0 saturated carbocycles. The number of aryl methyl sites for hydroxylation is 1. The highest BCUT2D eigenvalue weighted by atomic mass is 35.5. The van der Waals surface area contributed by atoms with E-state index < -0.39 is 0 Å². The van der Waals surface area contributed by atoms with Crippen molar-refractivity contribution < 1.29 is 9.53 Å². The summed E-state index contributed by atoms with van der Waals surface area (Å²) < 4.78 is 7.76. The van der Waals surface area contributed by atoms with Gasteiger partial charge in [0.1, 0.15) is 12.4 Å². The molecule has 0 saturated heterocycles. The van der Waals surface area contributed by atoms with E-state index in [1.54, 1.807) is 0 Å². The van der Waals surface area contributed by atoms with E-state index in [4.69, 9.17) is 16.3 Å². The Morgan fingerprint density at radius 2 is 1.97 bits per heavy atom. The van der Waals surface area contributed by atoms with Crippen molar-refractivity contribution in [1.29, 1.82) is 0 Å². The van der Waals surface area contributed by atoms with Gasteiger partial charge in [0, 0.05) is 23.0 Å².